The van der Waals surface area contributed by atoms with Gasteiger partial charge < -0.3 is 16.8 Å². The van der Waals surface area contributed by atoms with Crippen molar-refractivity contribution in [3.05, 3.63) is 89.4 Å². The molecule has 0 fully saturated rings. The normalized spacial score (nSPS) is 10.2. The number of nitrogens with one attached hydrogen (secondary N) is 2. The monoisotopic (exact) mass is 495 g/mol. The summed E-state index contributed by atoms with van der Waals surface area (Å²) in [7, 11) is 0. The summed E-state index contributed by atoms with van der Waals surface area (Å²) in [4.78, 5) is 29.3. The van der Waals surface area contributed by atoms with Crippen LogP contribution in [-0.4, -0.2) is 44.1 Å². The number of benzene rings is 2. The molecule has 4 rings (SSSR count). The molecule has 0 spiro atoms. The number of H-pyrrole nitrogens is 1. The Morgan fingerprint density at radius 1 is 1.08 bits per heavy atom. The van der Waals surface area contributed by atoms with Gasteiger partial charge in [0.2, 0.25) is 0 Å². The topological polar surface area (TPSA) is 169 Å². The van der Waals surface area contributed by atoms with E-state index in [1.165, 1.54) is 35.4 Å². The maximum atomic E-state index is 12.5. The number of carbonyl (C=O) groups excluding carboxylic acids is 2. The Labute approximate surface area is 204 Å². The van der Waals surface area contributed by atoms with Crippen LogP contribution in [0.5, 0.6) is 0 Å². The third kappa shape index (κ3) is 7.03. The molecule has 6 N–H and O–H groups in total. The van der Waals surface area contributed by atoms with Crippen molar-refractivity contribution in [3.63, 3.8) is 0 Å². The van der Waals surface area contributed by atoms with Crippen LogP contribution >= 0.6 is 0 Å². The molecule has 3 amide bonds. The van der Waals surface area contributed by atoms with Gasteiger partial charge in [-0.3, -0.25) is 9.69 Å². The number of carbonyl (C=O) groups is 2. The van der Waals surface area contributed by atoms with E-state index in [1.807, 2.05) is 12.1 Å². The molecule has 0 aliphatic heterocycles. The SMILES string of the molecule is CCN(C(N)=O)c1cc(N)c(C(=O)Nc2ccc(Cc3nn[nH]n3)cc2)cn1.Fc1cccc(F)c1. The van der Waals surface area contributed by atoms with Gasteiger partial charge in [0.1, 0.15) is 17.5 Å². The van der Waals surface area contributed by atoms with E-state index in [4.69, 9.17) is 11.5 Å². The van der Waals surface area contributed by atoms with Gasteiger partial charge in [0.25, 0.3) is 5.91 Å². The second-order valence-corrected chi connectivity index (χ2v) is 7.31. The standard InChI is InChI=1S/C17H19N9O2.C6H4F2/c1-2-26(17(19)28)15-8-13(18)12(9-20-15)16(27)21-11-5-3-10(4-6-11)7-14-22-24-25-23-14;7-5-2-1-3-6(8)4-5/h3-6,8-9H,2,7H2,1H3,(H2,18,20)(H2,19,28)(H,21,27)(H,22,23,24,25);1-4H. The van der Waals surface area contributed by atoms with Gasteiger partial charge in [-0.1, -0.05) is 23.4 Å². The molecule has 2 aromatic carbocycles. The van der Waals surface area contributed by atoms with Crippen molar-refractivity contribution in [2.75, 3.05) is 22.5 Å². The molecule has 0 saturated carbocycles. The first-order chi connectivity index (χ1) is 17.3. The fourth-order valence-corrected chi connectivity index (χ4v) is 3.03. The van der Waals surface area contributed by atoms with E-state index < -0.39 is 23.6 Å². The summed E-state index contributed by atoms with van der Waals surface area (Å²) in [6.45, 7) is 2.09. The minimum absolute atomic E-state index is 0.191. The van der Waals surface area contributed by atoms with Gasteiger partial charge in [0, 0.05) is 42.7 Å². The number of hydrogen-bond donors (Lipinski definition) is 4. The lowest BCUT2D eigenvalue weighted by Gasteiger charge is -2.18. The lowest BCUT2D eigenvalue weighted by atomic mass is 10.1. The number of halogens is 2. The van der Waals surface area contributed by atoms with Gasteiger partial charge in [-0.25, -0.2) is 18.6 Å². The first-order valence-corrected chi connectivity index (χ1v) is 10.6. The number of primary amides is 1. The van der Waals surface area contributed by atoms with Crippen molar-refractivity contribution in [3.8, 4) is 0 Å². The zero-order chi connectivity index (χ0) is 26.1. The van der Waals surface area contributed by atoms with Crippen LogP contribution < -0.4 is 21.7 Å². The number of nitrogens with two attached hydrogens (primary N) is 2. The second-order valence-electron chi connectivity index (χ2n) is 7.31. The molecule has 186 valence electrons. The third-order valence-corrected chi connectivity index (χ3v) is 4.77. The summed E-state index contributed by atoms with van der Waals surface area (Å²) in [5.74, 6) is -0.623. The number of urea groups is 1. The molecule has 13 heteroatoms. The highest BCUT2D eigenvalue weighted by atomic mass is 19.1. The smallest absolute Gasteiger partial charge is 0.320 e. The summed E-state index contributed by atoms with van der Waals surface area (Å²) < 4.78 is 23.9. The fraction of sp³-hybridized carbons (Fsp3) is 0.130. The minimum Gasteiger partial charge on any atom is -0.398 e. The van der Waals surface area contributed by atoms with Gasteiger partial charge in [-0.2, -0.15) is 5.21 Å². The van der Waals surface area contributed by atoms with Crippen molar-refractivity contribution in [1.29, 1.82) is 0 Å². The summed E-state index contributed by atoms with van der Waals surface area (Å²) in [6, 6.07) is 12.6. The summed E-state index contributed by atoms with van der Waals surface area (Å²) in [5.41, 5.74) is 13.2. The predicted octanol–water partition coefficient (Wildman–Crippen LogP) is 2.89. The van der Waals surface area contributed by atoms with Gasteiger partial charge in [0.15, 0.2) is 5.82 Å². The number of aromatic nitrogens is 5. The van der Waals surface area contributed by atoms with E-state index in [9.17, 15) is 18.4 Å². The van der Waals surface area contributed by atoms with E-state index >= 15 is 0 Å². The van der Waals surface area contributed by atoms with Crippen LogP contribution in [-0.2, 0) is 6.42 Å². The van der Waals surface area contributed by atoms with E-state index in [0.29, 0.717) is 24.5 Å². The summed E-state index contributed by atoms with van der Waals surface area (Å²) in [6.07, 6.45) is 1.84. The third-order valence-electron chi connectivity index (χ3n) is 4.77. The molecule has 0 radical (unpaired) electrons. The Balaban J connectivity index is 0.000000383. The van der Waals surface area contributed by atoms with E-state index in [0.717, 1.165) is 11.6 Å². The number of tetrazole rings is 1. The van der Waals surface area contributed by atoms with Crippen LogP contribution in [0.1, 0.15) is 28.7 Å². The molecule has 11 nitrogen and oxygen atoms in total. The fourth-order valence-electron chi connectivity index (χ4n) is 3.03. The highest BCUT2D eigenvalue weighted by molar-refractivity contribution is 6.08. The number of anilines is 3. The maximum absolute atomic E-state index is 12.5. The zero-order valence-electron chi connectivity index (χ0n) is 19.2. The minimum atomic E-state index is -0.646. The Hall–Kier alpha value is -4.94. The van der Waals surface area contributed by atoms with Crippen molar-refractivity contribution in [1.82, 2.24) is 25.6 Å². The van der Waals surface area contributed by atoms with Gasteiger partial charge in [0.05, 0.1) is 5.56 Å². The molecule has 2 heterocycles. The highest BCUT2D eigenvalue weighted by Crippen LogP contribution is 2.20. The van der Waals surface area contributed by atoms with Crippen LogP contribution in [0.3, 0.4) is 0 Å². The number of nitrogens with zero attached hydrogens (tertiary/aromatic N) is 5. The number of aromatic amines is 1. The largest absolute Gasteiger partial charge is 0.398 e. The summed E-state index contributed by atoms with van der Waals surface area (Å²) >= 11 is 0. The summed E-state index contributed by atoms with van der Waals surface area (Å²) in [5, 5.41) is 16.5. The molecular formula is C23H23F2N9O2. The molecular weight excluding hydrogens is 472 g/mol. The van der Waals surface area contributed by atoms with Crippen LogP contribution in [0.4, 0.5) is 30.8 Å². The Morgan fingerprint density at radius 3 is 2.28 bits per heavy atom. The van der Waals surface area contributed by atoms with Crippen LogP contribution in [0.2, 0.25) is 0 Å². The molecule has 2 aromatic heterocycles. The average Bonchev–Trinajstić information content (AvgIpc) is 3.34. The van der Waals surface area contributed by atoms with Crippen LogP contribution in [0.15, 0.2) is 60.8 Å². The molecule has 0 bridgehead atoms. The molecule has 4 aromatic rings. The van der Waals surface area contributed by atoms with Crippen molar-refractivity contribution in [2.24, 2.45) is 5.73 Å². The average molecular weight is 495 g/mol. The number of rotatable bonds is 6. The quantitative estimate of drug-likeness (QED) is 0.319. The number of amides is 3. The highest BCUT2D eigenvalue weighted by Gasteiger charge is 2.16. The number of hydrogen-bond acceptors (Lipinski definition) is 7. The molecule has 0 aliphatic rings. The molecule has 0 unspecified atom stereocenters. The number of nitrogen functional groups attached to an aromatic ring is 1. The van der Waals surface area contributed by atoms with E-state index in [-0.39, 0.29) is 17.1 Å². The Bertz CT molecular complexity index is 1300. The first kappa shape index (κ1) is 25.7. The molecule has 0 saturated heterocycles. The van der Waals surface area contributed by atoms with Crippen LogP contribution in [0, 0.1) is 11.6 Å². The maximum Gasteiger partial charge on any atom is 0.320 e. The first-order valence-electron chi connectivity index (χ1n) is 10.6. The van der Waals surface area contributed by atoms with E-state index in [2.05, 4.69) is 30.9 Å². The second kappa shape index (κ2) is 12.0. The zero-order valence-corrected chi connectivity index (χ0v) is 19.2. The van der Waals surface area contributed by atoms with Gasteiger partial charge >= 0.3 is 6.03 Å². The Kier molecular flexibility index (Phi) is 8.54. The van der Waals surface area contributed by atoms with Crippen LogP contribution in [0.25, 0.3) is 0 Å². The van der Waals surface area contributed by atoms with Gasteiger partial charge in [-0.05, 0) is 36.8 Å². The van der Waals surface area contributed by atoms with Crippen molar-refractivity contribution >= 4 is 29.1 Å². The molecule has 0 aliphatic carbocycles. The van der Waals surface area contributed by atoms with E-state index in [1.54, 1.807) is 19.1 Å². The lowest BCUT2D eigenvalue weighted by Crippen LogP contribution is -2.36. The number of pyridine rings is 1. The predicted molar refractivity (Wildman–Crippen MR) is 129 cm³/mol. The van der Waals surface area contributed by atoms with Gasteiger partial charge in [-0.15, -0.1) is 10.2 Å². The Morgan fingerprint density at radius 2 is 1.78 bits per heavy atom. The molecule has 0 atom stereocenters. The molecule has 36 heavy (non-hydrogen) atoms. The van der Waals surface area contributed by atoms with Crippen molar-refractivity contribution in [2.45, 2.75) is 13.3 Å². The van der Waals surface area contributed by atoms with Crippen molar-refractivity contribution < 1.29 is 18.4 Å². The lowest BCUT2D eigenvalue weighted by molar-refractivity contribution is 0.102.